The van der Waals surface area contributed by atoms with Gasteiger partial charge in [-0.2, -0.15) is 5.26 Å². The highest BCUT2D eigenvalue weighted by molar-refractivity contribution is 5.94. The fraction of sp³-hybridized carbons (Fsp3) is 0.333. The third-order valence-corrected chi connectivity index (χ3v) is 5.17. The van der Waals surface area contributed by atoms with Crippen LogP contribution in [0.25, 0.3) is 0 Å². The van der Waals surface area contributed by atoms with E-state index in [1.807, 2.05) is 20.8 Å². The Labute approximate surface area is 192 Å². The summed E-state index contributed by atoms with van der Waals surface area (Å²) in [6.07, 6.45) is 3.40. The lowest BCUT2D eigenvalue weighted by Crippen LogP contribution is -2.25. The number of hydrogen-bond donors (Lipinski definition) is 4. The normalized spacial score (nSPS) is 13.8. The molecule has 9 heteroatoms. The molecule has 9 nitrogen and oxygen atoms in total. The third-order valence-electron chi connectivity index (χ3n) is 5.17. The number of carbonyl (C=O) groups excluding carboxylic acids is 1. The molecule has 1 atom stereocenters. The van der Waals surface area contributed by atoms with Gasteiger partial charge in [-0.25, -0.2) is 9.78 Å². The van der Waals surface area contributed by atoms with Crippen LogP contribution in [0.3, 0.4) is 0 Å². The average Bonchev–Trinajstić information content (AvgIpc) is 3.17. The fourth-order valence-corrected chi connectivity index (χ4v) is 3.45. The SMILES string of the molecule is Cc1c([C@@H](O)CNC/C(C=N)=C/Nc2cc(OC(C)C)c(C#N)cn2)ccc2c1COC2=O. The van der Waals surface area contributed by atoms with E-state index in [0.29, 0.717) is 34.8 Å². The molecule has 33 heavy (non-hydrogen) atoms. The Morgan fingerprint density at radius 2 is 2.24 bits per heavy atom. The Hall–Kier alpha value is -3.74. The summed E-state index contributed by atoms with van der Waals surface area (Å²) in [6.45, 7) is 6.45. The summed E-state index contributed by atoms with van der Waals surface area (Å²) in [4.78, 5) is 15.9. The molecule has 1 aromatic carbocycles. The quantitative estimate of drug-likeness (QED) is 0.320. The number of nitrogens with zero attached hydrogens (tertiary/aromatic N) is 2. The third kappa shape index (κ3) is 5.74. The Morgan fingerprint density at radius 3 is 2.94 bits per heavy atom. The zero-order chi connectivity index (χ0) is 24.0. The number of carbonyl (C=O) groups is 1. The van der Waals surface area contributed by atoms with Crippen molar-refractivity contribution < 1.29 is 19.4 Å². The molecular formula is C24H27N5O4. The molecule has 0 bridgehead atoms. The molecule has 0 saturated heterocycles. The number of aliphatic hydroxyl groups is 1. The fourth-order valence-electron chi connectivity index (χ4n) is 3.45. The smallest absolute Gasteiger partial charge is 0.338 e. The molecule has 2 aromatic rings. The number of aliphatic hydroxyl groups excluding tert-OH is 1. The molecule has 0 spiro atoms. The van der Waals surface area contributed by atoms with Gasteiger partial charge in [0.2, 0.25) is 0 Å². The Morgan fingerprint density at radius 1 is 1.45 bits per heavy atom. The first-order chi connectivity index (χ1) is 15.8. The molecule has 1 aromatic heterocycles. The van der Waals surface area contributed by atoms with E-state index in [9.17, 15) is 15.2 Å². The highest BCUT2D eigenvalue weighted by Gasteiger charge is 2.25. The van der Waals surface area contributed by atoms with Gasteiger partial charge in [-0.15, -0.1) is 0 Å². The maximum absolute atomic E-state index is 11.7. The van der Waals surface area contributed by atoms with Crippen molar-refractivity contribution in [2.24, 2.45) is 0 Å². The van der Waals surface area contributed by atoms with Gasteiger partial charge in [0.1, 0.15) is 29.8 Å². The van der Waals surface area contributed by atoms with E-state index in [2.05, 4.69) is 21.7 Å². The van der Waals surface area contributed by atoms with Crippen LogP contribution in [0.15, 0.2) is 36.2 Å². The van der Waals surface area contributed by atoms with E-state index >= 15 is 0 Å². The molecule has 0 unspecified atom stereocenters. The Kier molecular flexibility index (Phi) is 7.77. The van der Waals surface area contributed by atoms with Crippen LogP contribution in [0.1, 0.15) is 52.6 Å². The summed E-state index contributed by atoms with van der Waals surface area (Å²) in [6, 6.07) is 7.12. The second kappa shape index (κ2) is 10.7. The molecule has 0 amide bonds. The summed E-state index contributed by atoms with van der Waals surface area (Å²) in [5.41, 5.74) is 3.93. The maximum atomic E-state index is 11.7. The van der Waals surface area contributed by atoms with Gasteiger partial charge in [0.25, 0.3) is 0 Å². The number of anilines is 1. The number of nitrogens with one attached hydrogen (secondary N) is 3. The molecule has 0 fully saturated rings. The van der Waals surface area contributed by atoms with Crippen molar-refractivity contribution in [3.63, 3.8) is 0 Å². The average molecular weight is 450 g/mol. The molecule has 2 heterocycles. The Balaban J connectivity index is 1.59. The summed E-state index contributed by atoms with van der Waals surface area (Å²) >= 11 is 0. The standard InChI is InChI=1S/C24H27N5O4/c1-14(2)33-22-6-23(29-11-17(22)8-26)28-10-16(7-25)9-27-12-21(30)18-4-5-19-20(15(18)3)13-32-24(19)31/h4-7,10-11,14,21,25,27,30H,9,12-13H2,1-3H3,(H,28,29)/b16-10+,25-7?/t21-/m0/s1. The predicted octanol–water partition coefficient (Wildman–Crippen LogP) is 2.99. The van der Waals surface area contributed by atoms with Gasteiger partial charge in [0.05, 0.1) is 24.0 Å². The number of ether oxygens (including phenoxy) is 2. The van der Waals surface area contributed by atoms with Gasteiger partial charge in [-0.1, -0.05) is 6.07 Å². The van der Waals surface area contributed by atoms with Crippen molar-refractivity contribution in [2.45, 2.75) is 39.6 Å². The Bertz CT molecular complexity index is 1120. The lowest BCUT2D eigenvalue weighted by atomic mass is 9.95. The minimum Gasteiger partial charge on any atom is -0.489 e. The van der Waals surface area contributed by atoms with Gasteiger partial charge >= 0.3 is 5.97 Å². The maximum Gasteiger partial charge on any atom is 0.338 e. The van der Waals surface area contributed by atoms with Crippen LogP contribution >= 0.6 is 0 Å². The van der Waals surface area contributed by atoms with E-state index in [4.69, 9.17) is 14.9 Å². The van der Waals surface area contributed by atoms with Crippen LogP contribution in [-0.2, 0) is 11.3 Å². The largest absolute Gasteiger partial charge is 0.489 e. The highest BCUT2D eigenvalue weighted by Crippen LogP contribution is 2.29. The minimum atomic E-state index is -0.776. The number of fused-ring (bicyclic) bond motifs is 1. The van der Waals surface area contributed by atoms with Crippen LogP contribution in [0, 0.1) is 23.7 Å². The monoisotopic (exact) mass is 449 g/mol. The van der Waals surface area contributed by atoms with Crippen molar-refractivity contribution in [1.29, 1.82) is 10.7 Å². The van der Waals surface area contributed by atoms with Gasteiger partial charge in [0.15, 0.2) is 0 Å². The van der Waals surface area contributed by atoms with E-state index in [1.54, 1.807) is 24.4 Å². The number of benzene rings is 1. The predicted molar refractivity (Wildman–Crippen MR) is 123 cm³/mol. The molecule has 0 saturated carbocycles. The molecule has 1 aliphatic rings. The van der Waals surface area contributed by atoms with Crippen molar-refractivity contribution >= 4 is 18.0 Å². The van der Waals surface area contributed by atoms with Crippen LogP contribution in [0.5, 0.6) is 5.75 Å². The lowest BCUT2D eigenvalue weighted by molar-refractivity contribution is 0.0535. The second-order valence-electron chi connectivity index (χ2n) is 7.88. The highest BCUT2D eigenvalue weighted by atomic mass is 16.5. The topological polar surface area (TPSA) is 140 Å². The molecule has 4 N–H and O–H groups in total. The second-order valence-corrected chi connectivity index (χ2v) is 7.88. The molecule has 1 aliphatic heterocycles. The number of rotatable bonds is 10. The van der Waals surface area contributed by atoms with Crippen molar-refractivity contribution in [3.05, 3.63) is 64.0 Å². The van der Waals surface area contributed by atoms with Crippen LogP contribution < -0.4 is 15.4 Å². The first-order valence-corrected chi connectivity index (χ1v) is 10.5. The van der Waals surface area contributed by atoms with Crippen LogP contribution in [0.2, 0.25) is 0 Å². The van der Waals surface area contributed by atoms with Crippen LogP contribution in [-0.4, -0.2) is 41.5 Å². The number of cyclic esters (lactones) is 1. The molecular weight excluding hydrogens is 422 g/mol. The molecule has 0 aliphatic carbocycles. The van der Waals surface area contributed by atoms with E-state index in [-0.39, 0.29) is 25.2 Å². The zero-order valence-corrected chi connectivity index (χ0v) is 18.8. The van der Waals surface area contributed by atoms with Gasteiger partial charge in [0, 0.05) is 37.1 Å². The number of hydrogen-bond acceptors (Lipinski definition) is 9. The molecule has 172 valence electrons. The lowest BCUT2D eigenvalue weighted by Gasteiger charge is -2.16. The van der Waals surface area contributed by atoms with Crippen molar-refractivity contribution in [1.82, 2.24) is 10.3 Å². The number of esters is 1. The number of nitriles is 1. The first-order valence-electron chi connectivity index (χ1n) is 10.5. The van der Waals surface area contributed by atoms with E-state index < -0.39 is 6.10 Å². The summed E-state index contributed by atoms with van der Waals surface area (Å²) < 4.78 is 10.7. The van der Waals surface area contributed by atoms with E-state index in [1.165, 1.54) is 12.4 Å². The first kappa shape index (κ1) is 23.9. The summed E-state index contributed by atoms with van der Waals surface area (Å²) in [5.74, 6) is 0.586. The molecule has 3 rings (SSSR count). The van der Waals surface area contributed by atoms with Gasteiger partial charge in [-0.05, 0) is 43.5 Å². The van der Waals surface area contributed by atoms with Gasteiger partial charge < -0.3 is 30.6 Å². The number of aromatic nitrogens is 1. The zero-order valence-electron chi connectivity index (χ0n) is 18.8. The molecule has 0 radical (unpaired) electrons. The summed E-state index contributed by atoms with van der Waals surface area (Å²) in [7, 11) is 0. The van der Waals surface area contributed by atoms with Crippen molar-refractivity contribution in [2.75, 3.05) is 18.4 Å². The van der Waals surface area contributed by atoms with Crippen molar-refractivity contribution in [3.8, 4) is 11.8 Å². The van der Waals surface area contributed by atoms with E-state index in [0.717, 1.165) is 16.7 Å². The number of pyridine rings is 1. The summed E-state index contributed by atoms with van der Waals surface area (Å²) in [5, 5.41) is 33.6. The van der Waals surface area contributed by atoms with Gasteiger partial charge in [-0.3, -0.25) is 0 Å². The van der Waals surface area contributed by atoms with Crippen LogP contribution in [0.4, 0.5) is 5.82 Å². The minimum absolute atomic E-state index is 0.0852.